The van der Waals surface area contributed by atoms with E-state index < -0.39 is 0 Å². The maximum Gasteiger partial charge on any atom is 0.234 e. The third-order valence-corrected chi connectivity index (χ3v) is 6.96. The molecule has 2 amide bonds. The van der Waals surface area contributed by atoms with Crippen LogP contribution in [0.3, 0.4) is 0 Å². The smallest absolute Gasteiger partial charge is 0.234 e. The van der Waals surface area contributed by atoms with Gasteiger partial charge in [-0.25, -0.2) is 0 Å². The number of morpholine rings is 1. The largest absolute Gasteiger partial charge is 0.372 e. The number of hydrogen-bond donors (Lipinski definition) is 1. The number of amides is 2. The molecule has 2 saturated heterocycles. The molecule has 2 heterocycles. The lowest BCUT2D eigenvalue weighted by atomic mass is 9.89. The molecular weight excluding hydrogens is 425 g/mol. The Morgan fingerprint density at radius 3 is 2.63 bits per heavy atom. The van der Waals surface area contributed by atoms with E-state index in [9.17, 15) is 9.59 Å². The minimum Gasteiger partial charge on any atom is -0.372 e. The lowest BCUT2D eigenvalue weighted by Crippen LogP contribution is -2.58. The summed E-state index contributed by atoms with van der Waals surface area (Å²) in [5.74, 6) is 0.881. The topological polar surface area (TPSA) is 61.9 Å². The van der Waals surface area contributed by atoms with Crippen molar-refractivity contribution in [1.29, 1.82) is 0 Å². The summed E-state index contributed by atoms with van der Waals surface area (Å²) in [6.07, 6.45) is 4.78. The average molecular weight is 454 g/mol. The van der Waals surface area contributed by atoms with E-state index in [0.29, 0.717) is 48.0 Å². The number of piperidine rings is 1. The summed E-state index contributed by atoms with van der Waals surface area (Å²) in [5, 5.41) is 4.07. The summed E-state index contributed by atoms with van der Waals surface area (Å²) >= 11 is 12.1. The van der Waals surface area contributed by atoms with Crippen molar-refractivity contribution in [3.05, 3.63) is 33.8 Å². The predicted octanol–water partition coefficient (Wildman–Crippen LogP) is 3.10. The monoisotopic (exact) mass is 453 g/mol. The molecule has 0 aromatic heterocycles. The molecule has 8 heteroatoms. The molecule has 1 spiro atoms. The minimum absolute atomic E-state index is 0.0323. The number of rotatable bonds is 6. The molecule has 164 valence electrons. The summed E-state index contributed by atoms with van der Waals surface area (Å²) < 4.78 is 6.15. The maximum atomic E-state index is 12.5. The Morgan fingerprint density at radius 2 is 1.93 bits per heavy atom. The van der Waals surface area contributed by atoms with Gasteiger partial charge in [0, 0.05) is 49.2 Å². The van der Waals surface area contributed by atoms with Crippen LogP contribution in [0, 0.1) is 5.92 Å². The van der Waals surface area contributed by atoms with Crippen molar-refractivity contribution in [3.63, 3.8) is 0 Å². The van der Waals surface area contributed by atoms with Gasteiger partial charge in [-0.3, -0.25) is 14.5 Å². The van der Waals surface area contributed by atoms with E-state index in [2.05, 4.69) is 10.2 Å². The fourth-order valence-corrected chi connectivity index (χ4v) is 4.82. The molecule has 2 aliphatic heterocycles. The Kier molecular flexibility index (Phi) is 6.88. The van der Waals surface area contributed by atoms with E-state index in [-0.39, 0.29) is 11.5 Å². The van der Waals surface area contributed by atoms with Crippen molar-refractivity contribution in [2.75, 3.05) is 39.3 Å². The van der Waals surface area contributed by atoms with Gasteiger partial charge in [-0.05, 0) is 49.3 Å². The third-order valence-electron chi connectivity index (χ3n) is 6.37. The van der Waals surface area contributed by atoms with Crippen LogP contribution in [0.15, 0.2) is 18.2 Å². The Bertz CT molecular complexity index is 792. The molecule has 0 atom stereocenters. The van der Waals surface area contributed by atoms with Gasteiger partial charge in [-0.15, -0.1) is 0 Å². The van der Waals surface area contributed by atoms with Gasteiger partial charge >= 0.3 is 0 Å². The first-order chi connectivity index (χ1) is 14.4. The summed E-state index contributed by atoms with van der Waals surface area (Å²) in [4.78, 5) is 29.0. The van der Waals surface area contributed by atoms with Crippen molar-refractivity contribution in [2.45, 2.75) is 44.2 Å². The van der Waals surface area contributed by atoms with Gasteiger partial charge in [0.1, 0.15) is 0 Å². The Balaban J connectivity index is 1.23. The Hall–Kier alpha value is -1.34. The number of nitrogens with one attached hydrogen (secondary N) is 1. The number of halogens is 2. The van der Waals surface area contributed by atoms with E-state index in [0.717, 1.165) is 44.6 Å². The summed E-state index contributed by atoms with van der Waals surface area (Å²) in [7, 11) is 0. The molecule has 0 unspecified atom stereocenters. The molecule has 1 aromatic rings. The van der Waals surface area contributed by atoms with Crippen LogP contribution >= 0.6 is 23.2 Å². The number of carbonyl (C=O) groups excluding carboxylic acids is 2. The van der Waals surface area contributed by atoms with Crippen molar-refractivity contribution >= 4 is 35.0 Å². The number of benzene rings is 1. The van der Waals surface area contributed by atoms with Gasteiger partial charge in [0.2, 0.25) is 11.8 Å². The molecule has 1 saturated carbocycles. The molecule has 0 radical (unpaired) electrons. The van der Waals surface area contributed by atoms with Crippen LogP contribution in [0.5, 0.6) is 0 Å². The van der Waals surface area contributed by atoms with Gasteiger partial charge in [-0.2, -0.15) is 0 Å². The SMILES string of the molecule is O=C(CN1CCOC2(CCN(C(=O)CC3CC3)CC2)C1)NCc1ccc(Cl)cc1Cl. The highest BCUT2D eigenvalue weighted by atomic mass is 35.5. The number of carbonyl (C=O) groups is 2. The zero-order valence-electron chi connectivity index (χ0n) is 17.2. The quantitative estimate of drug-likeness (QED) is 0.718. The highest BCUT2D eigenvalue weighted by Crippen LogP contribution is 2.35. The maximum absolute atomic E-state index is 12.5. The van der Waals surface area contributed by atoms with Crippen LogP contribution < -0.4 is 5.32 Å². The van der Waals surface area contributed by atoms with Crippen LogP contribution in [-0.4, -0.2) is 66.5 Å². The van der Waals surface area contributed by atoms with Crippen molar-refractivity contribution < 1.29 is 14.3 Å². The zero-order chi connectivity index (χ0) is 21.1. The molecule has 6 nitrogen and oxygen atoms in total. The second-order valence-electron chi connectivity index (χ2n) is 8.78. The molecule has 30 heavy (non-hydrogen) atoms. The molecule has 4 rings (SSSR count). The summed E-state index contributed by atoms with van der Waals surface area (Å²) in [6, 6.07) is 5.27. The lowest BCUT2D eigenvalue weighted by Gasteiger charge is -2.47. The van der Waals surface area contributed by atoms with Gasteiger partial charge in [0.15, 0.2) is 0 Å². The second kappa shape index (κ2) is 9.43. The molecule has 3 fully saturated rings. The highest BCUT2D eigenvalue weighted by molar-refractivity contribution is 6.35. The van der Waals surface area contributed by atoms with E-state index in [1.807, 2.05) is 11.0 Å². The fraction of sp³-hybridized carbons (Fsp3) is 0.636. The number of hydrogen-bond acceptors (Lipinski definition) is 4. The molecule has 1 aliphatic carbocycles. The Labute approximate surface area is 187 Å². The van der Waals surface area contributed by atoms with Gasteiger partial charge in [0.05, 0.1) is 18.8 Å². The van der Waals surface area contributed by atoms with Gasteiger partial charge < -0.3 is 15.0 Å². The fourth-order valence-electron chi connectivity index (χ4n) is 4.34. The lowest BCUT2D eigenvalue weighted by molar-refractivity contribution is -0.152. The van der Waals surface area contributed by atoms with Crippen LogP contribution in [0.25, 0.3) is 0 Å². The van der Waals surface area contributed by atoms with Gasteiger partial charge in [0.25, 0.3) is 0 Å². The molecule has 1 N–H and O–H groups in total. The van der Waals surface area contributed by atoms with Crippen molar-refractivity contribution in [2.24, 2.45) is 5.92 Å². The van der Waals surface area contributed by atoms with E-state index in [1.165, 1.54) is 12.8 Å². The molecule has 0 bridgehead atoms. The highest BCUT2D eigenvalue weighted by Gasteiger charge is 2.41. The standard InChI is InChI=1S/C22H29Cl2N3O3/c23-18-4-3-17(19(24)12-18)13-25-20(28)14-26-9-10-30-22(15-26)5-7-27(8-6-22)21(29)11-16-1-2-16/h3-4,12,16H,1-2,5-11,13-15H2,(H,25,28). The number of nitrogens with zero attached hydrogens (tertiary/aromatic N) is 2. The first-order valence-electron chi connectivity index (χ1n) is 10.8. The molecular formula is C22H29Cl2N3O3. The normalized spacial score (nSPS) is 21.6. The number of likely N-dealkylation sites (tertiary alicyclic amines) is 1. The number of ether oxygens (including phenoxy) is 1. The summed E-state index contributed by atoms with van der Waals surface area (Å²) in [6.45, 7) is 4.30. The van der Waals surface area contributed by atoms with Gasteiger partial charge in [-0.1, -0.05) is 29.3 Å². The van der Waals surface area contributed by atoms with Crippen molar-refractivity contribution in [3.8, 4) is 0 Å². The third kappa shape index (κ3) is 5.67. The summed E-state index contributed by atoms with van der Waals surface area (Å²) in [5.41, 5.74) is 0.602. The van der Waals surface area contributed by atoms with E-state index in [1.54, 1.807) is 12.1 Å². The zero-order valence-corrected chi connectivity index (χ0v) is 18.7. The molecule has 1 aromatic carbocycles. The molecule has 3 aliphatic rings. The first-order valence-corrected chi connectivity index (χ1v) is 11.5. The van der Waals surface area contributed by atoms with Crippen LogP contribution in [0.2, 0.25) is 10.0 Å². The Morgan fingerprint density at radius 1 is 1.17 bits per heavy atom. The van der Waals surface area contributed by atoms with Crippen LogP contribution in [0.4, 0.5) is 0 Å². The van der Waals surface area contributed by atoms with Crippen LogP contribution in [0.1, 0.15) is 37.7 Å². The van der Waals surface area contributed by atoms with E-state index >= 15 is 0 Å². The minimum atomic E-state index is -0.242. The van der Waals surface area contributed by atoms with E-state index in [4.69, 9.17) is 27.9 Å². The van der Waals surface area contributed by atoms with Crippen LogP contribution in [-0.2, 0) is 20.9 Å². The second-order valence-corrected chi connectivity index (χ2v) is 9.63. The first kappa shape index (κ1) is 21.9. The van der Waals surface area contributed by atoms with Crippen molar-refractivity contribution in [1.82, 2.24) is 15.1 Å². The predicted molar refractivity (Wildman–Crippen MR) is 117 cm³/mol. The average Bonchev–Trinajstić information content (AvgIpc) is 3.52.